The summed E-state index contributed by atoms with van der Waals surface area (Å²) in [5.41, 5.74) is 0.749. The van der Waals surface area contributed by atoms with Gasteiger partial charge in [0, 0.05) is 10.9 Å². The molecule has 0 aromatic heterocycles. The van der Waals surface area contributed by atoms with Gasteiger partial charge in [-0.25, -0.2) is 4.79 Å². The number of aliphatic carboxylic acids is 1. The van der Waals surface area contributed by atoms with Gasteiger partial charge in [0.05, 0.1) is 5.38 Å². The summed E-state index contributed by atoms with van der Waals surface area (Å²) in [6.07, 6.45) is 0.473. The lowest BCUT2D eigenvalue weighted by Gasteiger charge is -2.12. The second kappa shape index (κ2) is 6.94. The van der Waals surface area contributed by atoms with E-state index in [1.807, 2.05) is 0 Å². The van der Waals surface area contributed by atoms with Crippen molar-refractivity contribution in [2.75, 3.05) is 12.5 Å². The van der Waals surface area contributed by atoms with Gasteiger partial charge in [0.15, 0.2) is 6.61 Å². The van der Waals surface area contributed by atoms with Crippen LogP contribution in [0.5, 0.6) is 5.75 Å². The number of carboxylic acids is 1. The fourth-order valence-corrected chi connectivity index (χ4v) is 1.75. The Labute approximate surface area is 114 Å². The summed E-state index contributed by atoms with van der Waals surface area (Å²) < 4.78 is 5.14. The first-order valence-corrected chi connectivity index (χ1v) is 6.21. The van der Waals surface area contributed by atoms with Crippen LogP contribution >= 0.6 is 34.8 Å². The number of carbonyl (C=O) groups is 1. The van der Waals surface area contributed by atoms with E-state index < -0.39 is 12.6 Å². The molecule has 1 aromatic rings. The molecule has 0 saturated heterocycles. The summed E-state index contributed by atoms with van der Waals surface area (Å²) in [6.45, 7) is -0.400. The van der Waals surface area contributed by atoms with Gasteiger partial charge in [0.2, 0.25) is 0 Å². The number of hydrogen-bond acceptors (Lipinski definition) is 2. The second-order valence-electron chi connectivity index (χ2n) is 3.39. The number of hydrogen-bond donors (Lipinski definition) is 1. The van der Waals surface area contributed by atoms with E-state index in [0.717, 1.165) is 5.56 Å². The van der Waals surface area contributed by atoms with Crippen molar-refractivity contribution in [2.45, 2.75) is 11.8 Å². The minimum absolute atomic E-state index is 0.248. The maximum atomic E-state index is 10.4. The van der Waals surface area contributed by atoms with Gasteiger partial charge < -0.3 is 9.84 Å². The lowest BCUT2D eigenvalue weighted by molar-refractivity contribution is -0.139. The predicted molar refractivity (Wildman–Crippen MR) is 68.6 cm³/mol. The lowest BCUT2D eigenvalue weighted by Crippen LogP contribution is -2.12. The highest BCUT2D eigenvalue weighted by molar-refractivity contribution is 6.30. The average Bonchev–Trinajstić information content (AvgIpc) is 2.27. The van der Waals surface area contributed by atoms with E-state index in [4.69, 9.17) is 44.6 Å². The zero-order valence-electron chi connectivity index (χ0n) is 8.83. The van der Waals surface area contributed by atoms with Crippen molar-refractivity contribution in [3.05, 3.63) is 28.8 Å². The number of rotatable bonds is 6. The van der Waals surface area contributed by atoms with Gasteiger partial charge in [-0.1, -0.05) is 11.6 Å². The molecule has 0 saturated carbocycles. The molecule has 1 N–H and O–H groups in total. The quantitative estimate of drug-likeness (QED) is 0.820. The summed E-state index contributed by atoms with van der Waals surface area (Å²) >= 11 is 17.4. The third kappa shape index (κ3) is 5.02. The van der Waals surface area contributed by atoms with E-state index in [2.05, 4.69) is 0 Å². The predicted octanol–water partition coefficient (Wildman–Crippen LogP) is 3.19. The molecule has 0 bridgehead atoms. The van der Waals surface area contributed by atoms with E-state index in [1.54, 1.807) is 18.2 Å². The molecule has 1 aromatic carbocycles. The molecule has 0 heterocycles. The van der Waals surface area contributed by atoms with Crippen molar-refractivity contribution in [2.24, 2.45) is 0 Å². The highest BCUT2D eigenvalue weighted by Gasteiger charge is 2.11. The third-order valence-corrected chi connectivity index (χ3v) is 3.06. The number of ether oxygens (including phenoxy) is 1. The molecule has 0 spiro atoms. The van der Waals surface area contributed by atoms with Crippen LogP contribution in [0.4, 0.5) is 0 Å². The van der Waals surface area contributed by atoms with Crippen molar-refractivity contribution >= 4 is 40.8 Å². The van der Waals surface area contributed by atoms with Crippen molar-refractivity contribution in [3.63, 3.8) is 0 Å². The molecule has 0 unspecified atom stereocenters. The molecule has 0 aliphatic rings. The largest absolute Gasteiger partial charge is 0.482 e. The molecular weight excluding hydrogens is 286 g/mol. The Kier molecular flexibility index (Phi) is 5.89. The third-order valence-electron chi connectivity index (χ3n) is 1.98. The van der Waals surface area contributed by atoms with Crippen LogP contribution in [0, 0.1) is 0 Å². The van der Waals surface area contributed by atoms with Crippen LogP contribution in [0.25, 0.3) is 0 Å². The highest BCUT2D eigenvalue weighted by Crippen LogP contribution is 2.25. The number of halogens is 3. The molecule has 1 rings (SSSR count). The van der Waals surface area contributed by atoms with Gasteiger partial charge in [0.25, 0.3) is 0 Å². The zero-order valence-corrected chi connectivity index (χ0v) is 11.1. The van der Waals surface area contributed by atoms with Gasteiger partial charge in [0.1, 0.15) is 5.75 Å². The molecule has 6 heteroatoms. The zero-order chi connectivity index (χ0) is 12.8. The van der Waals surface area contributed by atoms with E-state index in [1.165, 1.54) is 0 Å². The van der Waals surface area contributed by atoms with Gasteiger partial charge >= 0.3 is 5.97 Å². The van der Waals surface area contributed by atoms with Crippen LogP contribution in [-0.2, 0) is 11.2 Å². The Balaban J connectivity index is 2.83. The molecule has 0 aliphatic carbocycles. The van der Waals surface area contributed by atoms with Crippen LogP contribution in [0.3, 0.4) is 0 Å². The number of alkyl halides is 2. The normalized spacial score (nSPS) is 12.2. The first-order valence-electron chi connectivity index (χ1n) is 4.86. The first kappa shape index (κ1) is 14.4. The standard InChI is InChI=1S/C11H11Cl3O3/c12-5-9(14)4-7-3-8(13)1-2-10(7)17-6-11(15)16/h1-3,9H,4-6H2,(H,15,16)/t9-/m0/s1. The molecular formula is C11H11Cl3O3. The van der Waals surface area contributed by atoms with Crippen molar-refractivity contribution in [1.29, 1.82) is 0 Å². The van der Waals surface area contributed by atoms with Gasteiger partial charge in [-0.05, 0) is 30.2 Å². The molecule has 94 valence electrons. The number of benzene rings is 1. The Morgan fingerprint density at radius 1 is 1.47 bits per heavy atom. The van der Waals surface area contributed by atoms with E-state index in [0.29, 0.717) is 23.1 Å². The molecule has 17 heavy (non-hydrogen) atoms. The van der Waals surface area contributed by atoms with Crippen LogP contribution < -0.4 is 4.74 Å². The highest BCUT2D eigenvalue weighted by atomic mass is 35.5. The molecule has 0 aliphatic heterocycles. The molecule has 1 atom stereocenters. The minimum atomic E-state index is -1.04. The Hall–Kier alpha value is -0.640. The van der Waals surface area contributed by atoms with Crippen LogP contribution in [0.1, 0.15) is 5.56 Å². The summed E-state index contributed by atoms with van der Waals surface area (Å²) in [5.74, 6) is -0.273. The average molecular weight is 298 g/mol. The summed E-state index contributed by atoms with van der Waals surface area (Å²) in [5, 5.41) is 8.84. The van der Waals surface area contributed by atoms with E-state index in [-0.39, 0.29) is 5.38 Å². The maximum absolute atomic E-state index is 10.4. The van der Waals surface area contributed by atoms with E-state index >= 15 is 0 Å². The van der Waals surface area contributed by atoms with E-state index in [9.17, 15) is 4.79 Å². The monoisotopic (exact) mass is 296 g/mol. The first-order chi connectivity index (χ1) is 8.02. The smallest absolute Gasteiger partial charge is 0.341 e. The SMILES string of the molecule is O=C(O)COc1ccc(Cl)cc1C[C@H](Cl)CCl. The Morgan fingerprint density at radius 3 is 2.76 bits per heavy atom. The second-order valence-corrected chi connectivity index (χ2v) is 4.75. The minimum Gasteiger partial charge on any atom is -0.482 e. The lowest BCUT2D eigenvalue weighted by atomic mass is 10.1. The fourth-order valence-electron chi connectivity index (χ4n) is 1.28. The molecule has 0 radical (unpaired) electrons. The van der Waals surface area contributed by atoms with Gasteiger partial charge in [-0.2, -0.15) is 0 Å². The Bertz CT molecular complexity index is 396. The van der Waals surface area contributed by atoms with Crippen LogP contribution in [-0.4, -0.2) is 28.9 Å². The molecule has 3 nitrogen and oxygen atoms in total. The van der Waals surface area contributed by atoms with Crippen LogP contribution in [0.15, 0.2) is 18.2 Å². The fraction of sp³-hybridized carbons (Fsp3) is 0.364. The van der Waals surface area contributed by atoms with Gasteiger partial charge in [-0.15, -0.1) is 23.2 Å². The topological polar surface area (TPSA) is 46.5 Å². The molecule has 0 amide bonds. The molecule has 0 fully saturated rings. The van der Waals surface area contributed by atoms with Crippen LogP contribution in [0.2, 0.25) is 5.02 Å². The van der Waals surface area contributed by atoms with Crippen molar-refractivity contribution in [1.82, 2.24) is 0 Å². The summed E-state index contributed by atoms with van der Waals surface area (Å²) in [7, 11) is 0. The number of carboxylic acid groups (broad SMARTS) is 1. The maximum Gasteiger partial charge on any atom is 0.341 e. The van der Waals surface area contributed by atoms with Crippen molar-refractivity contribution < 1.29 is 14.6 Å². The Morgan fingerprint density at radius 2 is 2.18 bits per heavy atom. The summed E-state index contributed by atoms with van der Waals surface area (Å²) in [4.78, 5) is 10.4. The summed E-state index contributed by atoms with van der Waals surface area (Å²) in [6, 6.07) is 4.95. The van der Waals surface area contributed by atoms with Gasteiger partial charge in [-0.3, -0.25) is 0 Å². The van der Waals surface area contributed by atoms with Crippen molar-refractivity contribution in [3.8, 4) is 5.75 Å².